The van der Waals surface area contributed by atoms with Crippen LogP contribution in [-0.4, -0.2) is 37.3 Å². The van der Waals surface area contributed by atoms with Crippen LogP contribution in [0.2, 0.25) is 0 Å². The SMILES string of the molecule is CS(=O)(=O)Nc1ccc(Oc2ccc(C(F)(F)F)cc2)c(C2CCCN2C(=O)O)c1. The summed E-state index contributed by atoms with van der Waals surface area (Å²) in [6, 6.07) is 7.89. The second-order valence-corrected chi connectivity index (χ2v) is 8.63. The molecule has 1 unspecified atom stereocenters. The Balaban J connectivity index is 1.97. The molecular formula is C19H19F3N2O5S. The summed E-state index contributed by atoms with van der Waals surface area (Å²) < 4.78 is 69.4. The van der Waals surface area contributed by atoms with Gasteiger partial charge in [0.25, 0.3) is 0 Å². The molecule has 1 aliphatic rings. The summed E-state index contributed by atoms with van der Waals surface area (Å²) in [7, 11) is -3.57. The number of hydrogen-bond acceptors (Lipinski definition) is 4. The van der Waals surface area contributed by atoms with Crippen molar-refractivity contribution in [2.75, 3.05) is 17.5 Å². The summed E-state index contributed by atoms with van der Waals surface area (Å²) in [6.45, 7) is 0.309. The number of anilines is 1. The number of nitrogens with zero attached hydrogens (tertiary/aromatic N) is 1. The van der Waals surface area contributed by atoms with Crippen LogP contribution < -0.4 is 9.46 Å². The average Bonchev–Trinajstić information content (AvgIpc) is 3.11. The van der Waals surface area contributed by atoms with Gasteiger partial charge in [-0.05, 0) is 55.3 Å². The minimum absolute atomic E-state index is 0.132. The van der Waals surface area contributed by atoms with E-state index in [-0.39, 0.29) is 17.2 Å². The van der Waals surface area contributed by atoms with Gasteiger partial charge in [0.15, 0.2) is 0 Å². The van der Waals surface area contributed by atoms with Gasteiger partial charge in [-0.1, -0.05) is 0 Å². The third-order valence-electron chi connectivity index (χ3n) is 4.58. The van der Waals surface area contributed by atoms with Crippen molar-refractivity contribution >= 4 is 21.8 Å². The molecular weight excluding hydrogens is 425 g/mol. The Morgan fingerprint density at radius 1 is 1.20 bits per heavy atom. The number of likely N-dealkylation sites (tertiary alicyclic amines) is 1. The van der Waals surface area contributed by atoms with Crippen LogP contribution in [0.3, 0.4) is 0 Å². The predicted molar refractivity (Wildman–Crippen MR) is 103 cm³/mol. The molecule has 2 aromatic rings. The largest absolute Gasteiger partial charge is 0.465 e. The highest BCUT2D eigenvalue weighted by molar-refractivity contribution is 7.92. The molecule has 0 aromatic heterocycles. The van der Waals surface area contributed by atoms with E-state index >= 15 is 0 Å². The predicted octanol–water partition coefficient (Wildman–Crippen LogP) is 4.68. The van der Waals surface area contributed by atoms with Gasteiger partial charge in [-0.15, -0.1) is 0 Å². The van der Waals surface area contributed by atoms with E-state index in [0.717, 1.165) is 18.4 Å². The van der Waals surface area contributed by atoms with Gasteiger partial charge in [-0.3, -0.25) is 4.72 Å². The van der Waals surface area contributed by atoms with Gasteiger partial charge in [-0.2, -0.15) is 13.2 Å². The maximum absolute atomic E-state index is 12.8. The lowest BCUT2D eigenvalue weighted by Gasteiger charge is -2.24. The summed E-state index contributed by atoms with van der Waals surface area (Å²) in [5.74, 6) is 0.361. The fourth-order valence-corrected chi connectivity index (χ4v) is 3.89. The van der Waals surface area contributed by atoms with Gasteiger partial charge in [0.1, 0.15) is 11.5 Å². The number of benzene rings is 2. The van der Waals surface area contributed by atoms with Crippen LogP contribution in [0.4, 0.5) is 23.7 Å². The van der Waals surface area contributed by atoms with E-state index in [1.807, 2.05) is 0 Å². The number of carboxylic acid groups (broad SMARTS) is 1. The van der Waals surface area contributed by atoms with E-state index in [1.54, 1.807) is 0 Å². The minimum Gasteiger partial charge on any atom is -0.465 e. The lowest BCUT2D eigenvalue weighted by molar-refractivity contribution is -0.137. The van der Waals surface area contributed by atoms with Crippen molar-refractivity contribution in [3.8, 4) is 11.5 Å². The number of halogens is 3. The van der Waals surface area contributed by atoms with Gasteiger partial charge in [0, 0.05) is 17.8 Å². The number of carbonyl (C=O) groups is 1. The monoisotopic (exact) mass is 444 g/mol. The zero-order valence-electron chi connectivity index (χ0n) is 15.8. The van der Waals surface area contributed by atoms with Crippen molar-refractivity contribution in [3.05, 3.63) is 53.6 Å². The summed E-state index contributed by atoms with van der Waals surface area (Å²) in [6.07, 6.45) is -3.51. The Morgan fingerprint density at radius 3 is 2.43 bits per heavy atom. The molecule has 0 spiro atoms. The molecule has 162 valence electrons. The Morgan fingerprint density at radius 2 is 1.87 bits per heavy atom. The molecule has 30 heavy (non-hydrogen) atoms. The molecule has 1 fully saturated rings. The zero-order chi connectivity index (χ0) is 22.1. The van der Waals surface area contributed by atoms with Crippen LogP contribution in [0, 0.1) is 0 Å². The number of ether oxygens (including phenoxy) is 1. The number of sulfonamides is 1. The van der Waals surface area contributed by atoms with Gasteiger partial charge >= 0.3 is 12.3 Å². The van der Waals surface area contributed by atoms with Crippen LogP contribution >= 0.6 is 0 Å². The highest BCUT2D eigenvalue weighted by atomic mass is 32.2. The van der Waals surface area contributed by atoms with E-state index in [9.17, 15) is 31.5 Å². The Labute approximate surface area is 171 Å². The number of hydrogen-bond donors (Lipinski definition) is 2. The molecule has 0 saturated carbocycles. The van der Waals surface area contributed by atoms with Crippen LogP contribution in [-0.2, 0) is 16.2 Å². The molecule has 2 N–H and O–H groups in total. The molecule has 1 amide bonds. The topological polar surface area (TPSA) is 95.9 Å². The van der Waals surface area contributed by atoms with Crippen molar-refractivity contribution in [1.29, 1.82) is 0 Å². The molecule has 7 nitrogen and oxygen atoms in total. The molecule has 1 atom stereocenters. The first kappa shape index (κ1) is 21.8. The number of nitrogens with one attached hydrogen (secondary N) is 1. The first-order valence-corrected chi connectivity index (χ1v) is 10.8. The second kappa shape index (κ2) is 8.05. The summed E-state index contributed by atoms with van der Waals surface area (Å²) in [4.78, 5) is 12.8. The summed E-state index contributed by atoms with van der Waals surface area (Å²) in [5.41, 5.74) is -0.177. The quantitative estimate of drug-likeness (QED) is 0.698. The second-order valence-electron chi connectivity index (χ2n) is 6.89. The van der Waals surface area contributed by atoms with Gasteiger partial charge in [0.2, 0.25) is 10.0 Å². The van der Waals surface area contributed by atoms with Gasteiger partial charge in [-0.25, -0.2) is 13.2 Å². The molecule has 0 bridgehead atoms. The number of alkyl halides is 3. The molecule has 1 saturated heterocycles. The molecule has 2 aromatic carbocycles. The molecule has 11 heteroatoms. The normalized spacial score (nSPS) is 17.1. The van der Waals surface area contributed by atoms with Crippen molar-refractivity contribution in [3.63, 3.8) is 0 Å². The van der Waals surface area contributed by atoms with Crippen molar-refractivity contribution in [1.82, 2.24) is 4.90 Å². The summed E-state index contributed by atoms with van der Waals surface area (Å²) in [5, 5.41) is 9.46. The highest BCUT2D eigenvalue weighted by Crippen LogP contribution is 2.40. The highest BCUT2D eigenvalue weighted by Gasteiger charge is 2.33. The lowest BCUT2D eigenvalue weighted by Crippen LogP contribution is -2.29. The molecule has 3 rings (SSSR count). The smallest absolute Gasteiger partial charge is 0.416 e. The fraction of sp³-hybridized carbons (Fsp3) is 0.316. The first-order valence-electron chi connectivity index (χ1n) is 8.90. The van der Waals surface area contributed by atoms with Crippen molar-refractivity contribution < 1.29 is 36.2 Å². The molecule has 1 heterocycles. The van der Waals surface area contributed by atoms with Crippen molar-refractivity contribution in [2.24, 2.45) is 0 Å². The van der Waals surface area contributed by atoms with Crippen LogP contribution in [0.15, 0.2) is 42.5 Å². The van der Waals surface area contributed by atoms with E-state index in [4.69, 9.17) is 4.74 Å². The van der Waals surface area contributed by atoms with Crippen LogP contribution in [0.5, 0.6) is 11.5 Å². The Bertz CT molecular complexity index is 1040. The van der Waals surface area contributed by atoms with E-state index in [1.165, 1.54) is 35.2 Å². The zero-order valence-corrected chi connectivity index (χ0v) is 16.6. The van der Waals surface area contributed by atoms with E-state index in [0.29, 0.717) is 24.9 Å². The van der Waals surface area contributed by atoms with Crippen molar-refractivity contribution in [2.45, 2.75) is 25.1 Å². The minimum atomic E-state index is -4.48. The fourth-order valence-electron chi connectivity index (χ4n) is 3.34. The van der Waals surface area contributed by atoms with Gasteiger partial charge < -0.3 is 14.7 Å². The summed E-state index contributed by atoms with van der Waals surface area (Å²) >= 11 is 0. The lowest BCUT2D eigenvalue weighted by atomic mass is 10.0. The third kappa shape index (κ3) is 5.15. The number of rotatable bonds is 5. The Hall–Kier alpha value is -2.95. The van der Waals surface area contributed by atoms with E-state index in [2.05, 4.69) is 4.72 Å². The molecule has 0 radical (unpaired) electrons. The average molecular weight is 444 g/mol. The van der Waals surface area contributed by atoms with Gasteiger partial charge in [0.05, 0.1) is 17.9 Å². The maximum atomic E-state index is 12.8. The first-order chi connectivity index (χ1) is 13.9. The standard InChI is InChI=1S/C19H19F3N2O5S/c1-30(27,28)23-13-6-9-17(15(11-13)16-3-2-10-24(16)18(25)26)29-14-7-4-12(5-8-14)19(20,21)22/h4-9,11,16,23H,2-3,10H2,1H3,(H,25,26). The molecule has 0 aliphatic carbocycles. The van der Waals surface area contributed by atoms with E-state index < -0.39 is 33.9 Å². The molecule has 1 aliphatic heterocycles. The van der Waals surface area contributed by atoms with Crippen LogP contribution in [0.1, 0.15) is 30.0 Å². The third-order valence-corrected chi connectivity index (χ3v) is 5.19. The Kier molecular flexibility index (Phi) is 5.84. The maximum Gasteiger partial charge on any atom is 0.416 e. The van der Waals surface area contributed by atoms with Crippen LogP contribution in [0.25, 0.3) is 0 Å². The number of amides is 1.